The molecule has 0 radical (unpaired) electrons. The molecule has 0 aliphatic carbocycles. The fourth-order valence-corrected chi connectivity index (χ4v) is 2.24. The van der Waals surface area contributed by atoms with Crippen molar-refractivity contribution in [3.05, 3.63) is 68.7 Å². The zero-order chi connectivity index (χ0) is 17.0. The number of carbonyl (C=O) groups excluding carboxylic acids is 1. The number of rotatable bonds is 5. The van der Waals surface area contributed by atoms with E-state index in [1.807, 2.05) is 19.1 Å². The molecular weight excluding hydrogens is 320 g/mol. The fourth-order valence-electron chi connectivity index (χ4n) is 2.05. The zero-order valence-corrected chi connectivity index (χ0v) is 13.3. The first-order valence-corrected chi connectivity index (χ1v) is 7.19. The Bertz CT molecular complexity index is 731. The first-order valence-electron chi connectivity index (χ1n) is 6.81. The molecule has 1 amide bonds. The van der Waals surface area contributed by atoms with Crippen LogP contribution in [0.25, 0.3) is 0 Å². The van der Waals surface area contributed by atoms with Gasteiger partial charge in [0, 0.05) is 11.6 Å². The van der Waals surface area contributed by atoms with Crippen LogP contribution in [0, 0.1) is 10.1 Å². The van der Waals surface area contributed by atoms with Crippen LogP contribution in [0.2, 0.25) is 5.02 Å². The molecule has 120 valence electrons. The largest absolute Gasteiger partial charge is 0.497 e. The number of hydrogen-bond donors (Lipinski definition) is 1. The van der Waals surface area contributed by atoms with E-state index in [2.05, 4.69) is 5.32 Å². The van der Waals surface area contributed by atoms with Crippen LogP contribution in [0.3, 0.4) is 0 Å². The van der Waals surface area contributed by atoms with Crippen LogP contribution in [0.4, 0.5) is 5.69 Å². The van der Waals surface area contributed by atoms with Crippen molar-refractivity contribution in [3.8, 4) is 5.75 Å². The molecule has 1 atom stereocenters. The lowest BCUT2D eigenvalue weighted by Gasteiger charge is -2.15. The normalized spacial score (nSPS) is 11.6. The number of benzene rings is 2. The number of ether oxygens (including phenoxy) is 1. The average Bonchev–Trinajstić information content (AvgIpc) is 2.54. The topological polar surface area (TPSA) is 81.5 Å². The highest BCUT2D eigenvalue weighted by atomic mass is 35.5. The van der Waals surface area contributed by atoms with E-state index in [1.165, 1.54) is 18.2 Å². The highest BCUT2D eigenvalue weighted by molar-refractivity contribution is 6.32. The van der Waals surface area contributed by atoms with E-state index in [-0.39, 0.29) is 22.3 Å². The summed E-state index contributed by atoms with van der Waals surface area (Å²) in [4.78, 5) is 22.5. The Morgan fingerprint density at radius 1 is 1.26 bits per heavy atom. The van der Waals surface area contributed by atoms with Gasteiger partial charge in [0.1, 0.15) is 10.8 Å². The summed E-state index contributed by atoms with van der Waals surface area (Å²) in [7, 11) is 1.58. The maximum absolute atomic E-state index is 12.2. The van der Waals surface area contributed by atoms with Crippen LogP contribution < -0.4 is 10.1 Å². The molecule has 0 aliphatic heterocycles. The van der Waals surface area contributed by atoms with Gasteiger partial charge in [0.05, 0.1) is 18.1 Å². The number of hydrogen-bond acceptors (Lipinski definition) is 4. The average molecular weight is 335 g/mol. The molecule has 2 rings (SSSR count). The van der Waals surface area contributed by atoms with Crippen LogP contribution in [-0.2, 0) is 0 Å². The predicted octanol–water partition coefficient (Wildman–Crippen LogP) is 3.75. The number of nitrogens with zero attached hydrogens (tertiary/aromatic N) is 1. The summed E-state index contributed by atoms with van der Waals surface area (Å²) >= 11 is 5.74. The van der Waals surface area contributed by atoms with Crippen molar-refractivity contribution >= 4 is 23.2 Å². The smallest absolute Gasteiger partial charge is 0.288 e. The summed E-state index contributed by atoms with van der Waals surface area (Å²) in [5, 5.41) is 13.7. The minimum atomic E-state index is -0.619. The molecule has 7 heteroatoms. The lowest BCUT2D eigenvalue weighted by molar-refractivity contribution is -0.384. The number of halogens is 1. The molecule has 0 aromatic heterocycles. The zero-order valence-electron chi connectivity index (χ0n) is 12.6. The Hall–Kier alpha value is -2.60. The van der Waals surface area contributed by atoms with E-state index in [0.29, 0.717) is 0 Å². The van der Waals surface area contributed by atoms with Gasteiger partial charge in [-0.15, -0.1) is 0 Å². The molecule has 0 heterocycles. The van der Waals surface area contributed by atoms with Gasteiger partial charge >= 0.3 is 0 Å². The Morgan fingerprint density at radius 3 is 2.48 bits per heavy atom. The Kier molecular flexibility index (Phi) is 5.18. The summed E-state index contributed by atoms with van der Waals surface area (Å²) in [6.07, 6.45) is 0. The van der Waals surface area contributed by atoms with Crippen LogP contribution in [0.5, 0.6) is 5.75 Å². The maximum atomic E-state index is 12.2. The van der Waals surface area contributed by atoms with Crippen LogP contribution in [0.1, 0.15) is 28.9 Å². The van der Waals surface area contributed by atoms with E-state index in [9.17, 15) is 14.9 Å². The number of carbonyl (C=O) groups is 1. The molecule has 0 saturated heterocycles. The number of methoxy groups -OCH3 is 1. The van der Waals surface area contributed by atoms with Crippen molar-refractivity contribution in [3.63, 3.8) is 0 Å². The molecule has 2 aromatic carbocycles. The van der Waals surface area contributed by atoms with Gasteiger partial charge in [0.15, 0.2) is 0 Å². The molecular formula is C16H15ClN2O4. The van der Waals surface area contributed by atoms with Crippen molar-refractivity contribution in [1.29, 1.82) is 0 Å². The van der Waals surface area contributed by atoms with E-state index >= 15 is 0 Å². The Labute approximate surface area is 138 Å². The third kappa shape index (κ3) is 3.98. The van der Waals surface area contributed by atoms with E-state index in [1.54, 1.807) is 19.2 Å². The van der Waals surface area contributed by atoms with Crippen LogP contribution in [0.15, 0.2) is 42.5 Å². The third-order valence-electron chi connectivity index (χ3n) is 3.37. The quantitative estimate of drug-likeness (QED) is 0.667. The lowest BCUT2D eigenvalue weighted by Crippen LogP contribution is -2.26. The number of amides is 1. The Morgan fingerprint density at radius 2 is 1.91 bits per heavy atom. The number of nitro benzene ring substituents is 1. The molecule has 0 bridgehead atoms. The van der Waals surface area contributed by atoms with Crippen molar-refractivity contribution in [1.82, 2.24) is 5.32 Å². The van der Waals surface area contributed by atoms with Crippen molar-refractivity contribution in [2.75, 3.05) is 7.11 Å². The minimum Gasteiger partial charge on any atom is -0.497 e. The standard InChI is InChI=1S/C16H15ClN2O4/c1-10(11-3-6-13(23-2)7-4-11)18-16(20)12-5-8-14(17)15(9-12)19(21)22/h3-10H,1-2H3,(H,18,20). The van der Waals surface area contributed by atoms with Gasteiger partial charge in [0.25, 0.3) is 11.6 Å². The molecule has 1 N–H and O–H groups in total. The Balaban J connectivity index is 2.14. The number of nitrogens with one attached hydrogen (secondary N) is 1. The maximum Gasteiger partial charge on any atom is 0.288 e. The first-order chi connectivity index (χ1) is 10.9. The number of nitro groups is 1. The van der Waals surface area contributed by atoms with Crippen LogP contribution in [-0.4, -0.2) is 17.9 Å². The second-order valence-electron chi connectivity index (χ2n) is 4.89. The van der Waals surface area contributed by atoms with Gasteiger partial charge in [0.2, 0.25) is 0 Å². The first kappa shape index (κ1) is 16.8. The highest BCUT2D eigenvalue weighted by Crippen LogP contribution is 2.25. The van der Waals surface area contributed by atoms with Gasteiger partial charge in [-0.05, 0) is 36.8 Å². The van der Waals surface area contributed by atoms with Crippen molar-refractivity contribution in [2.24, 2.45) is 0 Å². The lowest BCUT2D eigenvalue weighted by atomic mass is 10.1. The summed E-state index contributed by atoms with van der Waals surface area (Å²) in [5.74, 6) is 0.314. The highest BCUT2D eigenvalue weighted by Gasteiger charge is 2.17. The van der Waals surface area contributed by atoms with E-state index in [0.717, 1.165) is 11.3 Å². The van der Waals surface area contributed by atoms with Crippen molar-refractivity contribution < 1.29 is 14.5 Å². The molecule has 1 unspecified atom stereocenters. The molecule has 0 fully saturated rings. The SMILES string of the molecule is COc1ccc(C(C)NC(=O)c2ccc(Cl)c([N+](=O)[O-])c2)cc1. The molecule has 6 nitrogen and oxygen atoms in total. The van der Waals surface area contributed by atoms with Gasteiger partial charge in [-0.2, -0.15) is 0 Å². The molecule has 0 spiro atoms. The van der Waals surface area contributed by atoms with Gasteiger partial charge in [-0.3, -0.25) is 14.9 Å². The fraction of sp³-hybridized carbons (Fsp3) is 0.188. The van der Waals surface area contributed by atoms with E-state index < -0.39 is 10.8 Å². The second-order valence-corrected chi connectivity index (χ2v) is 5.30. The molecule has 2 aromatic rings. The van der Waals surface area contributed by atoms with Gasteiger partial charge in [-0.25, -0.2) is 0 Å². The third-order valence-corrected chi connectivity index (χ3v) is 3.69. The predicted molar refractivity (Wildman–Crippen MR) is 87.0 cm³/mol. The van der Waals surface area contributed by atoms with Crippen molar-refractivity contribution in [2.45, 2.75) is 13.0 Å². The molecule has 0 saturated carbocycles. The monoisotopic (exact) mass is 334 g/mol. The summed E-state index contributed by atoms with van der Waals surface area (Å²) in [5.41, 5.74) is 0.778. The van der Waals surface area contributed by atoms with E-state index in [4.69, 9.17) is 16.3 Å². The molecule has 23 heavy (non-hydrogen) atoms. The second kappa shape index (κ2) is 7.11. The summed E-state index contributed by atoms with van der Waals surface area (Å²) in [6, 6.07) is 11.0. The summed E-state index contributed by atoms with van der Waals surface area (Å²) < 4.78 is 5.08. The molecule has 0 aliphatic rings. The van der Waals surface area contributed by atoms with Gasteiger partial charge in [-0.1, -0.05) is 23.7 Å². The van der Waals surface area contributed by atoms with Gasteiger partial charge < -0.3 is 10.1 Å². The minimum absolute atomic E-state index is 0.00486. The van der Waals surface area contributed by atoms with Crippen LogP contribution >= 0.6 is 11.6 Å². The summed E-state index contributed by atoms with van der Waals surface area (Å²) in [6.45, 7) is 1.82.